The summed E-state index contributed by atoms with van der Waals surface area (Å²) in [6.45, 7) is 20.2. The third-order valence-electron chi connectivity index (χ3n) is 14.8. The van der Waals surface area contributed by atoms with Crippen molar-refractivity contribution in [3.8, 4) is 34.5 Å². The second-order valence-corrected chi connectivity index (χ2v) is 21.5. The molecule has 0 radical (unpaired) electrons. The Kier molecular flexibility index (Phi) is 34.9. The molecule has 0 N–H and O–H groups in total. The van der Waals surface area contributed by atoms with E-state index in [1.807, 2.05) is 0 Å². The molecule has 3 rings (SSSR count). The zero-order valence-electron chi connectivity index (χ0n) is 47.9. The van der Waals surface area contributed by atoms with Crippen molar-refractivity contribution in [1.82, 2.24) is 0 Å². The highest BCUT2D eigenvalue weighted by Gasteiger charge is 2.41. The third kappa shape index (κ3) is 23.4. The standard InChI is InChI=1S/C64H108O8/c1-9-15-19-23-27-31-35-39-43-67-55-47-53-57(63(71-49-51(7)13-5)61(55)69-45-41-37-33-29-25-21-17-11-3)60(66)54-48-56(68-44-40-36-32-28-24-20-16-10-2)62(70-46-42-38-34-30-26-22-18-12-4)64(58(54)59(53)65)72-50-52(8)14-6/h47-48,51-52H,9-46,49-50H2,1-8H3. The second kappa shape index (κ2) is 40.0. The zero-order chi connectivity index (χ0) is 52.0. The maximum atomic E-state index is 15.5. The topological polar surface area (TPSA) is 89.5 Å². The number of unbranched alkanes of at least 4 members (excludes halogenated alkanes) is 28. The van der Waals surface area contributed by atoms with Crippen LogP contribution in [0.1, 0.15) is 306 Å². The number of carbonyl (C=O) groups excluding carboxylic acids is 2. The van der Waals surface area contributed by atoms with Crippen molar-refractivity contribution in [2.24, 2.45) is 11.8 Å². The minimum Gasteiger partial charge on any atom is -0.490 e. The van der Waals surface area contributed by atoms with E-state index in [-0.39, 0.29) is 45.7 Å². The molecule has 2 aromatic rings. The van der Waals surface area contributed by atoms with Crippen LogP contribution in [0.2, 0.25) is 0 Å². The number of hydrogen-bond donors (Lipinski definition) is 0. The summed E-state index contributed by atoms with van der Waals surface area (Å²) < 4.78 is 40.2. The minimum absolute atomic E-state index is 0.211. The van der Waals surface area contributed by atoms with E-state index in [2.05, 4.69) is 55.4 Å². The Morgan fingerprint density at radius 1 is 0.319 bits per heavy atom. The Morgan fingerprint density at radius 2 is 0.569 bits per heavy atom. The van der Waals surface area contributed by atoms with Gasteiger partial charge in [-0.25, -0.2) is 0 Å². The molecule has 2 aromatic carbocycles. The van der Waals surface area contributed by atoms with Crippen LogP contribution in [0.4, 0.5) is 0 Å². The molecule has 0 heterocycles. The SMILES string of the molecule is CCCCCCCCCCOc1cc2c(c(OCC(C)CC)c1OCCCCCCCCCC)C(=O)c1cc(OCCCCCCCCCC)c(OCCCCCCCCCC)c(OCC(C)CC)c1C2=O. The molecule has 0 saturated heterocycles. The quantitative estimate of drug-likeness (QED) is 0.0517. The molecule has 1 aliphatic carbocycles. The molecule has 2 atom stereocenters. The van der Waals surface area contributed by atoms with Gasteiger partial charge in [0, 0.05) is 11.1 Å². The summed E-state index contributed by atoms with van der Waals surface area (Å²) in [5, 5.41) is 0. The average molecular weight is 1010 g/mol. The van der Waals surface area contributed by atoms with Crippen LogP contribution in [0.5, 0.6) is 34.5 Å². The molecular formula is C64H108O8. The van der Waals surface area contributed by atoms with Crippen molar-refractivity contribution < 1.29 is 38.0 Å². The van der Waals surface area contributed by atoms with E-state index < -0.39 is 0 Å². The molecule has 0 amide bonds. The second-order valence-electron chi connectivity index (χ2n) is 21.5. The first-order chi connectivity index (χ1) is 35.3. The van der Waals surface area contributed by atoms with Crippen LogP contribution in [-0.2, 0) is 0 Å². The van der Waals surface area contributed by atoms with E-state index in [0.29, 0.717) is 74.1 Å². The third-order valence-corrected chi connectivity index (χ3v) is 14.8. The largest absolute Gasteiger partial charge is 0.490 e. The Bertz CT molecular complexity index is 1610. The summed E-state index contributed by atoms with van der Waals surface area (Å²) in [4.78, 5) is 31.0. The van der Waals surface area contributed by atoms with Crippen molar-refractivity contribution in [3.63, 3.8) is 0 Å². The number of fused-ring (bicyclic) bond motifs is 2. The summed E-state index contributed by atoms with van der Waals surface area (Å²) in [5.74, 6) is 2.20. The highest BCUT2D eigenvalue weighted by molar-refractivity contribution is 6.31. The molecule has 1 aliphatic rings. The lowest BCUT2D eigenvalue weighted by Gasteiger charge is -2.28. The number of rotatable bonds is 48. The molecule has 8 heteroatoms. The fourth-order valence-corrected chi connectivity index (χ4v) is 9.42. The summed E-state index contributed by atoms with van der Waals surface area (Å²) in [6, 6.07) is 3.52. The van der Waals surface area contributed by atoms with Gasteiger partial charge in [0.15, 0.2) is 34.6 Å². The number of ether oxygens (including phenoxy) is 6. The zero-order valence-corrected chi connectivity index (χ0v) is 47.9. The normalized spacial score (nSPS) is 12.9. The Hall–Kier alpha value is -3.42. The highest BCUT2D eigenvalue weighted by atomic mass is 16.5. The molecule has 0 aromatic heterocycles. The molecule has 72 heavy (non-hydrogen) atoms. The van der Waals surface area contributed by atoms with Crippen LogP contribution >= 0.6 is 0 Å². The number of benzene rings is 2. The first-order valence-electron chi connectivity index (χ1n) is 30.6. The van der Waals surface area contributed by atoms with Gasteiger partial charge in [0.1, 0.15) is 0 Å². The predicted molar refractivity (Wildman–Crippen MR) is 302 cm³/mol. The van der Waals surface area contributed by atoms with Gasteiger partial charge in [0.05, 0.1) is 50.8 Å². The van der Waals surface area contributed by atoms with Gasteiger partial charge >= 0.3 is 0 Å². The molecule has 412 valence electrons. The minimum atomic E-state index is -0.301. The molecule has 2 unspecified atom stereocenters. The van der Waals surface area contributed by atoms with Crippen molar-refractivity contribution in [1.29, 1.82) is 0 Å². The maximum absolute atomic E-state index is 15.5. The smallest absolute Gasteiger partial charge is 0.204 e. The first-order valence-corrected chi connectivity index (χ1v) is 30.6. The Labute approximate surface area is 441 Å². The molecule has 0 spiro atoms. The molecule has 0 fully saturated rings. The van der Waals surface area contributed by atoms with Gasteiger partial charge in [-0.2, -0.15) is 0 Å². The van der Waals surface area contributed by atoms with Gasteiger partial charge in [0.25, 0.3) is 0 Å². The van der Waals surface area contributed by atoms with E-state index in [9.17, 15) is 0 Å². The number of carbonyl (C=O) groups is 2. The highest BCUT2D eigenvalue weighted by Crippen LogP contribution is 2.51. The fraction of sp³-hybridized carbons (Fsp3) is 0.781. The van der Waals surface area contributed by atoms with E-state index in [1.165, 1.54) is 141 Å². The lowest BCUT2D eigenvalue weighted by molar-refractivity contribution is 0.0966. The van der Waals surface area contributed by atoms with Gasteiger partial charge in [0.2, 0.25) is 11.5 Å². The van der Waals surface area contributed by atoms with Gasteiger partial charge in [-0.15, -0.1) is 0 Å². The van der Waals surface area contributed by atoms with Crippen LogP contribution in [0.3, 0.4) is 0 Å². The van der Waals surface area contributed by atoms with Crippen LogP contribution in [0, 0.1) is 11.8 Å². The van der Waals surface area contributed by atoms with Crippen molar-refractivity contribution >= 4 is 11.6 Å². The maximum Gasteiger partial charge on any atom is 0.204 e. The fourth-order valence-electron chi connectivity index (χ4n) is 9.42. The van der Waals surface area contributed by atoms with E-state index in [1.54, 1.807) is 12.1 Å². The van der Waals surface area contributed by atoms with E-state index >= 15 is 9.59 Å². The van der Waals surface area contributed by atoms with Gasteiger partial charge < -0.3 is 28.4 Å². The lowest BCUT2D eigenvalue weighted by Crippen LogP contribution is -2.25. The number of hydrogen-bond acceptors (Lipinski definition) is 8. The summed E-state index contributed by atoms with van der Waals surface area (Å²) in [5.41, 5.74) is 0.977. The molecular weight excluding hydrogens is 897 g/mol. The summed E-state index contributed by atoms with van der Waals surface area (Å²) in [7, 11) is 0. The van der Waals surface area contributed by atoms with Gasteiger partial charge in [-0.1, -0.05) is 248 Å². The Morgan fingerprint density at radius 3 is 0.833 bits per heavy atom. The van der Waals surface area contributed by atoms with Gasteiger partial charge in [-0.3, -0.25) is 9.59 Å². The molecule has 0 bridgehead atoms. The van der Waals surface area contributed by atoms with Crippen LogP contribution < -0.4 is 28.4 Å². The summed E-state index contributed by atoms with van der Waals surface area (Å²) >= 11 is 0. The average Bonchev–Trinajstić information content (AvgIpc) is 3.39. The van der Waals surface area contributed by atoms with E-state index in [0.717, 1.165) is 77.0 Å². The number of ketones is 2. The first kappa shape index (κ1) is 62.9. The molecule has 0 aliphatic heterocycles. The van der Waals surface area contributed by atoms with Crippen LogP contribution in [-0.4, -0.2) is 51.2 Å². The van der Waals surface area contributed by atoms with Crippen molar-refractivity contribution in [2.75, 3.05) is 39.6 Å². The van der Waals surface area contributed by atoms with Gasteiger partial charge in [-0.05, 0) is 49.7 Å². The van der Waals surface area contributed by atoms with Crippen molar-refractivity contribution in [3.05, 3.63) is 34.4 Å². The predicted octanol–water partition coefficient (Wildman–Crippen LogP) is 19.4. The Balaban J connectivity index is 2.11. The molecule has 0 saturated carbocycles. The monoisotopic (exact) mass is 1000 g/mol. The summed E-state index contributed by atoms with van der Waals surface area (Å²) in [6.07, 6.45) is 39.6. The van der Waals surface area contributed by atoms with Crippen molar-refractivity contribution in [2.45, 2.75) is 274 Å². The lowest BCUT2D eigenvalue weighted by atomic mass is 9.82. The van der Waals surface area contributed by atoms with Crippen LogP contribution in [0.25, 0.3) is 0 Å². The molecule has 8 nitrogen and oxygen atoms in total. The van der Waals surface area contributed by atoms with E-state index in [4.69, 9.17) is 28.4 Å². The van der Waals surface area contributed by atoms with Crippen LogP contribution in [0.15, 0.2) is 12.1 Å².